The second kappa shape index (κ2) is 10.6. The van der Waals surface area contributed by atoms with Gasteiger partial charge in [0.2, 0.25) is 0 Å². The SMILES string of the molecule is O=C1c2ccccc2C(=O)N1CCCc1ccnc(-c2cc(CCCN3C(=O)c4ccccc4C3=O)ccn2)c1. The van der Waals surface area contributed by atoms with Gasteiger partial charge < -0.3 is 0 Å². The summed E-state index contributed by atoms with van der Waals surface area (Å²) >= 11 is 0. The number of hydrogen-bond donors (Lipinski definition) is 0. The van der Waals surface area contributed by atoms with Gasteiger partial charge in [0.1, 0.15) is 0 Å². The molecule has 0 saturated heterocycles. The van der Waals surface area contributed by atoms with E-state index in [0.717, 1.165) is 22.5 Å². The van der Waals surface area contributed by atoms with Crippen LogP contribution in [0.2, 0.25) is 0 Å². The van der Waals surface area contributed by atoms with E-state index in [1.807, 2.05) is 24.3 Å². The first-order chi connectivity index (χ1) is 19.5. The van der Waals surface area contributed by atoms with Gasteiger partial charge in [0, 0.05) is 25.5 Å². The van der Waals surface area contributed by atoms with Crippen LogP contribution in [0.25, 0.3) is 11.4 Å². The van der Waals surface area contributed by atoms with E-state index in [-0.39, 0.29) is 23.6 Å². The molecule has 0 bridgehead atoms. The van der Waals surface area contributed by atoms with Crippen molar-refractivity contribution in [1.29, 1.82) is 0 Å². The zero-order valence-electron chi connectivity index (χ0n) is 21.7. The van der Waals surface area contributed by atoms with Crippen LogP contribution in [0.5, 0.6) is 0 Å². The maximum absolute atomic E-state index is 12.6. The highest BCUT2D eigenvalue weighted by Crippen LogP contribution is 2.25. The van der Waals surface area contributed by atoms with Gasteiger partial charge in [0.25, 0.3) is 23.6 Å². The van der Waals surface area contributed by atoms with Crippen LogP contribution >= 0.6 is 0 Å². The molecule has 2 aliphatic heterocycles. The summed E-state index contributed by atoms with van der Waals surface area (Å²) in [7, 11) is 0. The topological polar surface area (TPSA) is 101 Å². The molecular formula is C32H26N4O4. The summed E-state index contributed by atoms with van der Waals surface area (Å²) in [4.78, 5) is 62.0. The largest absolute Gasteiger partial charge is 0.274 e. The number of nitrogens with zero attached hydrogens (tertiary/aromatic N) is 4. The Hall–Kier alpha value is -4.98. The van der Waals surface area contributed by atoms with Crippen LogP contribution in [0.3, 0.4) is 0 Å². The molecule has 4 aromatic rings. The number of amides is 4. The average molecular weight is 531 g/mol. The van der Waals surface area contributed by atoms with E-state index in [2.05, 4.69) is 9.97 Å². The van der Waals surface area contributed by atoms with Crippen molar-refractivity contribution in [2.45, 2.75) is 25.7 Å². The van der Waals surface area contributed by atoms with E-state index < -0.39 is 0 Å². The van der Waals surface area contributed by atoms with Crippen LogP contribution in [0.4, 0.5) is 0 Å². The van der Waals surface area contributed by atoms with Gasteiger partial charge in [-0.15, -0.1) is 0 Å². The number of rotatable bonds is 9. The highest BCUT2D eigenvalue weighted by molar-refractivity contribution is 6.22. The number of carbonyl (C=O) groups is 4. The van der Waals surface area contributed by atoms with Crippen molar-refractivity contribution in [3.05, 3.63) is 119 Å². The van der Waals surface area contributed by atoms with E-state index in [9.17, 15) is 19.2 Å². The predicted molar refractivity (Wildman–Crippen MR) is 148 cm³/mol. The second-order valence-corrected chi connectivity index (χ2v) is 9.92. The third kappa shape index (κ3) is 4.68. The van der Waals surface area contributed by atoms with Crippen molar-refractivity contribution in [1.82, 2.24) is 19.8 Å². The van der Waals surface area contributed by atoms with E-state index in [4.69, 9.17) is 0 Å². The van der Waals surface area contributed by atoms with Gasteiger partial charge in [0.15, 0.2) is 0 Å². The Kier molecular flexibility index (Phi) is 6.74. The molecule has 2 aromatic carbocycles. The quantitative estimate of drug-likeness (QED) is 0.293. The average Bonchev–Trinajstić information content (AvgIpc) is 3.38. The molecule has 0 aliphatic carbocycles. The lowest BCUT2D eigenvalue weighted by atomic mass is 10.1. The smallest absolute Gasteiger partial charge is 0.261 e. The van der Waals surface area contributed by atoms with Gasteiger partial charge in [-0.05, 0) is 85.3 Å². The Bertz CT molecular complexity index is 1470. The first kappa shape index (κ1) is 25.3. The van der Waals surface area contributed by atoms with E-state index in [0.29, 0.717) is 61.0 Å². The monoisotopic (exact) mass is 530 g/mol. The summed E-state index contributed by atoms with van der Waals surface area (Å²) in [5.74, 6) is -0.944. The lowest BCUT2D eigenvalue weighted by Gasteiger charge is -2.14. The highest BCUT2D eigenvalue weighted by Gasteiger charge is 2.35. The zero-order chi connectivity index (χ0) is 27.6. The van der Waals surface area contributed by atoms with Crippen LogP contribution in [0.1, 0.15) is 65.4 Å². The molecular weight excluding hydrogens is 504 g/mol. The molecule has 40 heavy (non-hydrogen) atoms. The number of hydrogen-bond acceptors (Lipinski definition) is 6. The van der Waals surface area contributed by atoms with Gasteiger partial charge in [-0.1, -0.05) is 24.3 Å². The number of pyridine rings is 2. The Labute approximate surface area is 231 Å². The van der Waals surface area contributed by atoms with Crippen molar-refractivity contribution in [2.24, 2.45) is 0 Å². The number of aromatic nitrogens is 2. The standard InChI is InChI=1S/C32H26N4O4/c37-29-23-9-1-2-10-24(23)30(38)35(29)17-5-7-21-13-15-33-27(19-21)28-20-22(14-16-34-28)8-6-18-36-31(39)25-11-3-4-12-26(25)32(36)40/h1-4,9-16,19-20H,5-8,17-18H2. The molecule has 198 valence electrons. The summed E-state index contributed by atoms with van der Waals surface area (Å²) in [6.07, 6.45) is 6.12. The minimum atomic E-state index is -0.236. The number of fused-ring (bicyclic) bond motifs is 2. The fourth-order valence-electron chi connectivity index (χ4n) is 5.31. The minimum Gasteiger partial charge on any atom is -0.274 e. The van der Waals surface area contributed by atoms with Crippen LogP contribution < -0.4 is 0 Å². The van der Waals surface area contributed by atoms with E-state index in [1.165, 1.54) is 9.80 Å². The molecule has 4 amide bonds. The summed E-state index contributed by atoms with van der Waals surface area (Å²) < 4.78 is 0. The normalized spacial score (nSPS) is 14.2. The molecule has 2 aromatic heterocycles. The summed E-state index contributed by atoms with van der Waals surface area (Å²) in [6.45, 7) is 0.704. The Morgan fingerprint density at radius 1 is 0.500 bits per heavy atom. The molecule has 0 spiro atoms. The molecule has 0 atom stereocenters. The highest BCUT2D eigenvalue weighted by atomic mass is 16.2. The number of carbonyl (C=O) groups excluding carboxylic acids is 4. The molecule has 8 heteroatoms. The summed E-state index contributed by atoms with van der Waals surface area (Å²) in [5.41, 5.74) is 5.42. The fraction of sp³-hybridized carbons (Fsp3) is 0.188. The van der Waals surface area contributed by atoms with Crippen LogP contribution in [-0.4, -0.2) is 56.5 Å². The maximum Gasteiger partial charge on any atom is 0.261 e. The van der Waals surface area contributed by atoms with Crippen molar-refractivity contribution in [2.75, 3.05) is 13.1 Å². The number of benzene rings is 2. The van der Waals surface area contributed by atoms with E-state index in [1.54, 1.807) is 60.9 Å². The molecule has 2 aliphatic rings. The third-order valence-corrected chi connectivity index (χ3v) is 7.36. The second-order valence-electron chi connectivity index (χ2n) is 9.92. The Morgan fingerprint density at radius 3 is 1.20 bits per heavy atom. The van der Waals surface area contributed by atoms with Crippen molar-refractivity contribution in [3.8, 4) is 11.4 Å². The van der Waals surface area contributed by atoms with Gasteiger partial charge >= 0.3 is 0 Å². The fourth-order valence-corrected chi connectivity index (χ4v) is 5.31. The number of aryl methyl sites for hydroxylation is 2. The Morgan fingerprint density at radius 2 is 0.850 bits per heavy atom. The van der Waals surface area contributed by atoms with Gasteiger partial charge in [-0.2, -0.15) is 0 Å². The summed E-state index contributed by atoms with van der Waals surface area (Å²) in [5, 5.41) is 0. The molecule has 0 saturated carbocycles. The summed E-state index contributed by atoms with van der Waals surface area (Å²) in [6, 6.07) is 21.6. The first-order valence-electron chi connectivity index (χ1n) is 13.3. The van der Waals surface area contributed by atoms with Gasteiger partial charge in [-0.3, -0.25) is 38.9 Å². The predicted octanol–water partition coefficient (Wildman–Crippen LogP) is 4.60. The van der Waals surface area contributed by atoms with Gasteiger partial charge in [-0.25, -0.2) is 0 Å². The minimum absolute atomic E-state index is 0.236. The van der Waals surface area contributed by atoms with Crippen molar-refractivity contribution < 1.29 is 19.2 Å². The molecule has 0 fully saturated rings. The third-order valence-electron chi connectivity index (χ3n) is 7.36. The lowest BCUT2D eigenvalue weighted by Crippen LogP contribution is -2.30. The number of imide groups is 2. The van der Waals surface area contributed by atoms with Crippen LogP contribution in [0, 0.1) is 0 Å². The lowest BCUT2D eigenvalue weighted by molar-refractivity contribution is 0.0637. The molecule has 0 radical (unpaired) electrons. The van der Waals surface area contributed by atoms with Crippen LogP contribution in [-0.2, 0) is 12.8 Å². The van der Waals surface area contributed by atoms with E-state index >= 15 is 0 Å². The molecule has 8 nitrogen and oxygen atoms in total. The van der Waals surface area contributed by atoms with Crippen molar-refractivity contribution >= 4 is 23.6 Å². The first-order valence-corrected chi connectivity index (χ1v) is 13.3. The van der Waals surface area contributed by atoms with Gasteiger partial charge in [0.05, 0.1) is 33.6 Å². The molecule has 6 rings (SSSR count). The molecule has 0 unspecified atom stereocenters. The van der Waals surface area contributed by atoms with Crippen molar-refractivity contribution in [3.63, 3.8) is 0 Å². The molecule has 4 heterocycles. The molecule has 0 N–H and O–H groups in total. The Balaban J connectivity index is 1.05. The zero-order valence-corrected chi connectivity index (χ0v) is 21.7. The maximum atomic E-state index is 12.6. The van der Waals surface area contributed by atoms with Crippen LogP contribution in [0.15, 0.2) is 85.2 Å².